The molecule has 0 radical (unpaired) electrons. The Balaban J connectivity index is 2.73. The number of nitrogens with two attached hydrogens (primary N) is 1. The van der Waals surface area contributed by atoms with Crippen LogP contribution in [0.2, 0.25) is 0 Å². The standard InChI is InChI=1S/C11H20N2O4/c1-11(2,3)17-10(15)13-6-7(16-4)5-8(13)9(12)14/h7-8H,5-6H2,1-4H3,(H2,12,14)/t7-,8+/m1/s1. The van der Waals surface area contributed by atoms with Gasteiger partial charge in [-0.15, -0.1) is 0 Å². The molecule has 2 atom stereocenters. The van der Waals surface area contributed by atoms with E-state index in [9.17, 15) is 9.59 Å². The first-order valence-corrected chi connectivity index (χ1v) is 5.56. The van der Waals surface area contributed by atoms with Gasteiger partial charge in [-0.2, -0.15) is 0 Å². The lowest BCUT2D eigenvalue weighted by Crippen LogP contribution is -2.45. The topological polar surface area (TPSA) is 81.9 Å². The van der Waals surface area contributed by atoms with E-state index in [1.807, 2.05) is 0 Å². The van der Waals surface area contributed by atoms with Gasteiger partial charge in [0.15, 0.2) is 0 Å². The van der Waals surface area contributed by atoms with Crippen molar-refractivity contribution in [2.24, 2.45) is 5.73 Å². The fraction of sp³-hybridized carbons (Fsp3) is 0.818. The first kappa shape index (κ1) is 13.8. The summed E-state index contributed by atoms with van der Waals surface area (Å²) < 4.78 is 10.4. The van der Waals surface area contributed by atoms with Gasteiger partial charge in [-0.1, -0.05) is 0 Å². The van der Waals surface area contributed by atoms with Crippen molar-refractivity contribution in [2.45, 2.75) is 44.9 Å². The molecule has 0 saturated carbocycles. The lowest BCUT2D eigenvalue weighted by Gasteiger charge is -2.27. The molecular weight excluding hydrogens is 224 g/mol. The number of methoxy groups -OCH3 is 1. The van der Waals surface area contributed by atoms with Crippen LogP contribution in [0, 0.1) is 0 Å². The van der Waals surface area contributed by atoms with Crippen molar-refractivity contribution in [2.75, 3.05) is 13.7 Å². The first-order valence-electron chi connectivity index (χ1n) is 5.56. The van der Waals surface area contributed by atoms with Gasteiger partial charge in [-0.05, 0) is 20.8 Å². The molecule has 1 aliphatic heterocycles. The van der Waals surface area contributed by atoms with E-state index in [-0.39, 0.29) is 6.10 Å². The van der Waals surface area contributed by atoms with E-state index >= 15 is 0 Å². The maximum atomic E-state index is 11.9. The Kier molecular flexibility index (Phi) is 3.98. The normalized spacial score (nSPS) is 24.8. The summed E-state index contributed by atoms with van der Waals surface area (Å²) in [5.41, 5.74) is 4.67. The van der Waals surface area contributed by atoms with E-state index < -0.39 is 23.6 Å². The number of hydrogen-bond donors (Lipinski definition) is 1. The van der Waals surface area contributed by atoms with E-state index in [4.69, 9.17) is 15.2 Å². The monoisotopic (exact) mass is 244 g/mol. The van der Waals surface area contributed by atoms with Crippen LogP contribution in [0.5, 0.6) is 0 Å². The summed E-state index contributed by atoms with van der Waals surface area (Å²) in [7, 11) is 1.54. The van der Waals surface area contributed by atoms with Gasteiger partial charge < -0.3 is 15.2 Å². The Morgan fingerprint density at radius 2 is 1.94 bits per heavy atom. The Bertz CT molecular complexity index is 311. The second kappa shape index (κ2) is 4.91. The molecule has 17 heavy (non-hydrogen) atoms. The van der Waals surface area contributed by atoms with Gasteiger partial charge in [-0.25, -0.2) is 4.79 Å². The zero-order valence-corrected chi connectivity index (χ0v) is 10.7. The largest absolute Gasteiger partial charge is 0.444 e. The number of rotatable bonds is 2. The Hall–Kier alpha value is -1.30. The van der Waals surface area contributed by atoms with Crippen molar-refractivity contribution in [1.82, 2.24) is 4.90 Å². The maximum absolute atomic E-state index is 11.9. The number of carbonyl (C=O) groups is 2. The molecule has 0 unspecified atom stereocenters. The van der Waals surface area contributed by atoms with Crippen LogP contribution in [0.1, 0.15) is 27.2 Å². The SMILES string of the molecule is CO[C@@H]1C[C@@H](C(N)=O)N(C(=O)OC(C)(C)C)C1. The molecule has 2 N–H and O–H groups in total. The molecule has 6 nitrogen and oxygen atoms in total. The molecular formula is C11H20N2O4. The van der Waals surface area contributed by atoms with Crippen molar-refractivity contribution < 1.29 is 19.1 Å². The number of likely N-dealkylation sites (tertiary alicyclic amines) is 1. The Labute approximate surface area is 101 Å². The molecule has 0 aliphatic carbocycles. The van der Waals surface area contributed by atoms with Crippen LogP contribution < -0.4 is 5.73 Å². The third kappa shape index (κ3) is 3.59. The van der Waals surface area contributed by atoms with Gasteiger partial charge >= 0.3 is 6.09 Å². The predicted octanol–water partition coefficient (Wildman–Crippen LogP) is 0.496. The number of ether oxygens (including phenoxy) is 2. The minimum Gasteiger partial charge on any atom is -0.444 e. The molecule has 0 spiro atoms. The summed E-state index contributed by atoms with van der Waals surface area (Å²) in [6, 6.07) is -0.644. The predicted molar refractivity (Wildman–Crippen MR) is 61.3 cm³/mol. The maximum Gasteiger partial charge on any atom is 0.411 e. The van der Waals surface area contributed by atoms with Crippen molar-refractivity contribution in [3.63, 3.8) is 0 Å². The average molecular weight is 244 g/mol. The number of primary amides is 1. The quantitative estimate of drug-likeness (QED) is 0.766. The summed E-state index contributed by atoms with van der Waals surface area (Å²) >= 11 is 0. The zero-order chi connectivity index (χ0) is 13.2. The lowest BCUT2D eigenvalue weighted by molar-refractivity contribution is -0.122. The summed E-state index contributed by atoms with van der Waals surface area (Å²) in [5.74, 6) is -0.532. The van der Waals surface area contributed by atoms with Crippen LogP contribution in [0.15, 0.2) is 0 Å². The average Bonchev–Trinajstić information content (AvgIpc) is 2.58. The highest BCUT2D eigenvalue weighted by Crippen LogP contribution is 2.22. The van der Waals surface area contributed by atoms with E-state index in [1.165, 1.54) is 4.90 Å². The Morgan fingerprint density at radius 1 is 1.35 bits per heavy atom. The molecule has 1 rings (SSSR count). The van der Waals surface area contributed by atoms with Gasteiger partial charge in [0.2, 0.25) is 5.91 Å². The van der Waals surface area contributed by atoms with Crippen molar-refractivity contribution in [3.05, 3.63) is 0 Å². The number of amides is 2. The summed E-state index contributed by atoms with van der Waals surface area (Å²) in [6.45, 7) is 5.65. The van der Waals surface area contributed by atoms with Gasteiger partial charge in [-0.3, -0.25) is 9.69 Å². The smallest absolute Gasteiger partial charge is 0.411 e. The molecule has 98 valence electrons. The van der Waals surface area contributed by atoms with Crippen molar-refractivity contribution >= 4 is 12.0 Å². The van der Waals surface area contributed by atoms with E-state index in [0.717, 1.165) is 0 Å². The molecule has 0 aromatic rings. The third-order valence-corrected chi connectivity index (χ3v) is 2.55. The van der Waals surface area contributed by atoms with Crippen LogP contribution in [-0.4, -0.2) is 48.3 Å². The molecule has 1 saturated heterocycles. The molecule has 6 heteroatoms. The highest BCUT2D eigenvalue weighted by atomic mass is 16.6. The third-order valence-electron chi connectivity index (χ3n) is 2.55. The van der Waals surface area contributed by atoms with Crippen LogP contribution >= 0.6 is 0 Å². The van der Waals surface area contributed by atoms with Gasteiger partial charge in [0.25, 0.3) is 0 Å². The summed E-state index contributed by atoms with van der Waals surface area (Å²) in [4.78, 5) is 24.5. The van der Waals surface area contributed by atoms with Gasteiger partial charge in [0.05, 0.1) is 12.6 Å². The number of hydrogen-bond acceptors (Lipinski definition) is 4. The number of nitrogens with zero attached hydrogens (tertiary/aromatic N) is 1. The molecule has 0 aromatic carbocycles. The molecule has 1 fully saturated rings. The first-order chi connectivity index (χ1) is 7.74. The minimum atomic E-state index is -0.644. The fourth-order valence-corrected chi connectivity index (χ4v) is 1.76. The lowest BCUT2D eigenvalue weighted by atomic mass is 10.2. The highest BCUT2D eigenvalue weighted by molar-refractivity contribution is 5.85. The van der Waals surface area contributed by atoms with Crippen LogP contribution in [0.4, 0.5) is 4.79 Å². The molecule has 1 aliphatic rings. The zero-order valence-electron chi connectivity index (χ0n) is 10.7. The second-order valence-electron chi connectivity index (χ2n) is 5.14. The van der Waals surface area contributed by atoms with Crippen LogP contribution in [0.25, 0.3) is 0 Å². The molecule has 1 heterocycles. The molecule has 0 bridgehead atoms. The highest BCUT2D eigenvalue weighted by Gasteiger charge is 2.40. The molecule has 2 amide bonds. The second-order valence-corrected chi connectivity index (χ2v) is 5.14. The van der Waals surface area contributed by atoms with Gasteiger partial charge in [0.1, 0.15) is 11.6 Å². The summed E-state index contributed by atoms with van der Waals surface area (Å²) in [6.07, 6.45) is -0.272. The minimum absolute atomic E-state index is 0.167. The summed E-state index contributed by atoms with van der Waals surface area (Å²) in [5, 5.41) is 0. The van der Waals surface area contributed by atoms with Crippen LogP contribution in [0.3, 0.4) is 0 Å². The molecule has 0 aromatic heterocycles. The van der Waals surface area contributed by atoms with Gasteiger partial charge in [0, 0.05) is 13.5 Å². The van der Waals surface area contributed by atoms with E-state index in [2.05, 4.69) is 0 Å². The van der Waals surface area contributed by atoms with Crippen LogP contribution in [-0.2, 0) is 14.3 Å². The Morgan fingerprint density at radius 3 is 2.35 bits per heavy atom. The number of carbonyl (C=O) groups excluding carboxylic acids is 2. The van der Waals surface area contributed by atoms with Crippen molar-refractivity contribution in [3.8, 4) is 0 Å². The van der Waals surface area contributed by atoms with Crippen molar-refractivity contribution in [1.29, 1.82) is 0 Å². The van der Waals surface area contributed by atoms with E-state index in [0.29, 0.717) is 13.0 Å². The fourth-order valence-electron chi connectivity index (χ4n) is 1.76. The van der Waals surface area contributed by atoms with E-state index in [1.54, 1.807) is 27.9 Å².